The molecular formula is C16H22F3NO. The number of nitrogens with zero attached hydrogens (tertiary/aromatic N) is 1. The average molecular weight is 301 g/mol. The van der Waals surface area contributed by atoms with Gasteiger partial charge in [0.2, 0.25) is 0 Å². The third kappa shape index (κ3) is 4.45. The van der Waals surface area contributed by atoms with Crippen molar-refractivity contribution in [3.8, 4) is 0 Å². The van der Waals surface area contributed by atoms with Gasteiger partial charge in [-0.3, -0.25) is 0 Å². The molecule has 1 aromatic carbocycles. The summed E-state index contributed by atoms with van der Waals surface area (Å²) in [5, 5.41) is 9.43. The van der Waals surface area contributed by atoms with E-state index in [0.717, 1.165) is 38.5 Å². The fourth-order valence-electron chi connectivity index (χ4n) is 2.94. The number of hydrogen-bond acceptors (Lipinski definition) is 2. The molecule has 21 heavy (non-hydrogen) atoms. The maximum atomic E-state index is 12.7. The molecule has 0 aromatic heterocycles. The molecule has 1 N–H and O–H groups in total. The molecule has 118 valence electrons. The standard InChI is InChI=1S/C16H22F3NO/c1-15(12-21)7-3-8-20(11-15)9-6-13-4-2-5-14(10-13)16(17,18)19/h2,4-5,10,21H,3,6-9,11-12H2,1H3. The van der Waals surface area contributed by atoms with Gasteiger partial charge in [-0.15, -0.1) is 0 Å². The first kappa shape index (κ1) is 16.3. The Morgan fingerprint density at radius 3 is 2.76 bits per heavy atom. The molecule has 1 fully saturated rings. The molecule has 0 spiro atoms. The number of likely N-dealkylation sites (tertiary alicyclic amines) is 1. The van der Waals surface area contributed by atoms with Crippen LogP contribution in [0.4, 0.5) is 13.2 Å². The first-order chi connectivity index (χ1) is 9.82. The Morgan fingerprint density at radius 2 is 2.10 bits per heavy atom. The van der Waals surface area contributed by atoms with Gasteiger partial charge < -0.3 is 10.0 Å². The van der Waals surface area contributed by atoms with Crippen molar-refractivity contribution in [1.82, 2.24) is 4.90 Å². The van der Waals surface area contributed by atoms with Crippen LogP contribution in [0.2, 0.25) is 0 Å². The van der Waals surface area contributed by atoms with Crippen LogP contribution in [0.15, 0.2) is 24.3 Å². The van der Waals surface area contributed by atoms with E-state index in [0.29, 0.717) is 12.0 Å². The molecule has 2 rings (SSSR count). The van der Waals surface area contributed by atoms with Crippen LogP contribution in [0, 0.1) is 5.41 Å². The fourth-order valence-corrected chi connectivity index (χ4v) is 2.94. The van der Waals surface area contributed by atoms with Gasteiger partial charge in [0, 0.05) is 25.1 Å². The van der Waals surface area contributed by atoms with Crippen LogP contribution in [0.5, 0.6) is 0 Å². The first-order valence-corrected chi connectivity index (χ1v) is 7.32. The van der Waals surface area contributed by atoms with Crippen LogP contribution in [0.25, 0.3) is 0 Å². The minimum Gasteiger partial charge on any atom is -0.396 e. The molecule has 0 aliphatic carbocycles. The van der Waals surface area contributed by atoms with Crippen molar-refractivity contribution in [3.63, 3.8) is 0 Å². The molecule has 2 nitrogen and oxygen atoms in total. The van der Waals surface area contributed by atoms with Gasteiger partial charge in [0.15, 0.2) is 0 Å². The molecule has 1 aliphatic rings. The summed E-state index contributed by atoms with van der Waals surface area (Å²) < 4.78 is 38.0. The van der Waals surface area contributed by atoms with Crippen molar-refractivity contribution < 1.29 is 18.3 Å². The molecule has 0 radical (unpaired) electrons. The minimum absolute atomic E-state index is 0.0773. The molecular weight excluding hydrogens is 279 g/mol. The number of aliphatic hydroxyl groups is 1. The zero-order chi connectivity index (χ0) is 15.5. The second kappa shape index (κ2) is 6.36. The molecule has 0 saturated carbocycles. The van der Waals surface area contributed by atoms with Crippen molar-refractivity contribution in [1.29, 1.82) is 0 Å². The largest absolute Gasteiger partial charge is 0.416 e. The number of alkyl halides is 3. The second-order valence-corrected chi connectivity index (χ2v) is 6.30. The maximum Gasteiger partial charge on any atom is 0.416 e. The smallest absolute Gasteiger partial charge is 0.396 e. The molecule has 1 aromatic rings. The lowest BCUT2D eigenvalue weighted by Crippen LogP contribution is -2.44. The quantitative estimate of drug-likeness (QED) is 0.922. The van der Waals surface area contributed by atoms with E-state index in [-0.39, 0.29) is 12.0 Å². The van der Waals surface area contributed by atoms with Crippen molar-refractivity contribution in [2.45, 2.75) is 32.4 Å². The Balaban J connectivity index is 1.94. The number of halogens is 3. The van der Waals surface area contributed by atoms with Gasteiger partial charge in [0.25, 0.3) is 0 Å². The number of aliphatic hydroxyl groups excluding tert-OH is 1. The highest BCUT2D eigenvalue weighted by atomic mass is 19.4. The summed E-state index contributed by atoms with van der Waals surface area (Å²) in [5.74, 6) is 0. The summed E-state index contributed by atoms with van der Waals surface area (Å²) in [4.78, 5) is 2.24. The van der Waals surface area contributed by atoms with Crippen LogP contribution in [0.1, 0.15) is 30.9 Å². The molecule has 0 amide bonds. The summed E-state index contributed by atoms with van der Waals surface area (Å²) in [6.07, 6.45) is -1.65. The molecule has 0 bridgehead atoms. The molecule has 5 heteroatoms. The van der Waals surface area contributed by atoms with Gasteiger partial charge in [-0.25, -0.2) is 0 Å². The number of benzene rings is 1. The first-order valence-electron chi connectivity index (χ1n) is 7.32. The van der Waals surface area contributed by atoms with E-state index in [1.165, 1.54) is 12.1 Å². The fraction of sp³-hybridized carbons (Fsp3) is 0.625. The third-order valence-corrected chi connectivity index (χ3v) is 4.21. The summed E-state index contributed by atoms with van der Waals surface area (Å²) in [6.45, 7) is 4.71. The normalized spacial score (nSPS) is 24.2. The zero-order valence-electron chi connectivity index (χ0n) is 12.3. The summed E-state index contributed by atoms with van der Waals surface area (Å²) in [6, 6.07) is 5.54. The van der Waals surface area contributed by atoms with Gasteiger partial charge in [0.05, 0.1) is 5.56 Å². The molecule has 1 atom stereocenters. The highest BCUT2D eigenvalue weighted by Crippen LogP contribution is 2.30. The SMILES string of the molecule is CC1(CO)CCCN(CCc2cccc(C(F)(F)F)c2)C1. The topological polar surface area (TPSA) is 23.5 Å². The van der Waals surface area contributed by atoms with Crippen molar-refractivity contribution in [2.75, 3.05) is 26.2 Å². The Bertz CT molecular complexity index is 475. The van der Waals surface area contributed by atoms with Crippen molar-refractivity contribution in [2.24, 2.45) is 5.41 Å². The predicted molar refractivity (Wildman–Crippen MR) is 76.0 cm³/mol. The van der Waals surface area contributed by atoms with Gasteiger partial charge in [-0.05, 0) is 37.4 Å². The van der Waals surface area contributed by atoms with Crippen LogP contribution < -0.4 is 0 Å². The van der Waals surface area contributed by atoms with Crippen LogP contribution in [-0.4, -0.2) is 36.2 Å². The maximum absolute atomic E-state index is 12.7. The number of rotatable bonds is 4. The van der Waals surface area contributed by atoms with E-state index in [2.05, 4.69) is 11.8 Å². The van der Waals surface area contributed by atoms with Gasteiger partial charge in [-0.1, -0.05) is 25.1 Å². The van der Waals surface area contributed by atoms with Gasteiger partial charge >= 0.3 is 6.18 Å². The summed E-state index contributed by atoms with van der Waals surface area (Å²) in [5.41, 5.74) is 0.0476. The average Bonchev–Trinajstić information content (AvgIpc) is 2.45. The predicted octanol–water partition coefficient (Wildman–Crippen LogP) is 3.34. The lowest BCUT2D eigenvalue weighted by Gasteiger charge is -2.39. The van der Waals surface area contributed by atoms with E-state index in [1.54, 1.807) is 6.07 Å². The highest BCUT2D eigenvalue weighted by molar-refractivity contribution is 5.25. The molecule has 1 saturated heterocycles. The van der Waals surface area contributed by atoms with Crippen LogP contribution >= 0.6 is 0 Å². The van der Waals surface area contributed by atoms with E-state index < -0.39 is 11.7 Å². The molecule has 1 unspecified atom stereocenters. The lowest BCUT2D eigenvalue weighted by atomic mass is 9.83. The van der Waals surface area contributed by atoms with Gasteiger partial charge in [0.1, 0.15) is 0 Å². The van der Waals surface area contributed by atoms with E-state index in [1.807, 2.05) is 0 Å². The van der Waals surface area contributed by atoms with Crippen molar-refractivity contribution >= 4 is 0 Å². The monoisotopic (exact) mass is 301 g/mol. The second-order valence-electron chi connectivity index (χ2n) is 6.30. The van der Waals surface area contributed by atoms with E-state index in [4.69, 9.17) is 0 Å². The summed E-state index contributed by atoms with van der Waals surface area (Å²) in [7, 11) is 0. The third-order valence-electron chi connectivity index (χ3n) is 4.21. The van der Waals surface area contributed by atoms with E-state index in [9.17, 15) is 18.3 Å². The van der Waals surface area contributed by atoms with Crippen molar-refractivity contribution in [3.05, 3.63) is 35.4 Å². The lowest BCUT2D eigenvalue weighted by molar-refractivity contribution is -0.137. The molecule has 1 heterocycles. The number of hydrogen-bond donors (Lipinski definition) is 1. The molecule has 1 aliphatic heterocycles. The Hall–Kier alpha value is -1.07. The Morgan fingerprint density at radius 1 is 1.33 bits per heavy atom. The summed E-state index contributed by atoms with van der Waals surface area (Å²) >= 11 is 0. The zero-order valence-corrected chi connectivity index (χ0v) is 12.3. The van der Waals surface area contributed by atoms with Crippen LogP contribution in [-0.2, 0) is 12.6 Å². The van der Waals surface area contributed by atoms with Gasteiger partial charge in [-0.2, -0.15) is 13.2 Å². The van der Waals surface area contributed by atoms with E-state index >= 15 is 0 Å². The highest BCUT2D eigenvalue weighted by Gasteiger charge is 2.31. The van der Waals surface area contributed by atoms with Crippen LogP contribution in [0.3, 0.4) is 0 Å². The minimum atomic E-state index is -4.28. The Labute approximate surface area is 123 Å². The Kier molecular flexibility index (Phi) is 4.94. The number of piperidine rings is 1.